The Labute approximate surface area is 332 Å². The topological polar surface area (TPSA) is 66.0 Å². The lowest BCUT2D eigenvalue weighted by Gasteiger charge is -2.23. The van der Waals surface area contributed by atoms with E-state index in [4.69, 9.17) is 15.0 Å². The summed E-state index contributed by atoms with van der Waals surface area (Å²) in [5.41, 5.74) is 0. The minimum Gasteiger partial charge on any atom is -0.354 e. The van der Waals surface area contributed by atoms with Crippen molar-refractivity contribution in [1.29, 1.82) is 0 Å². The molecule has 0 aliphatic rings. The van der Waals surface area contributed by atoms with Gasteiger partial charge in [-0.25, -0.2) is 0 Å². The first-order chi connectivity index (χ1) is 26.2. The summed E-state index contributed by atoms with van der Waals surface area (Å²) in [6.07, 6.45) is 49.4. The van der Waals surface area contributed by atoms with Crippen molar-refractivity contribution in [3.63, 3.8) is 0 Å². The molecule has 6 nitrogen and oxygen atoms in total. The van der Waals surface area contributed by atoms with E-state index in [2.05, 4.69) is 43.2 Å². The predicted molar refractivity (Wildman–Crippen MR) is 238 cm³/mol. The van der Waals surface area contributed by atoms with E-state index >= 15 is 0 Å². The van der Waals surface area contributed by atoms with Crippen LogP contribution in [-0.4, -0.2) is 41.1 Å². The molecule has 0 atom stereocenters. The number of hydrogen-bond acceptors (Lipinski definition) is 6. The fraction of sp³-hybridized carbons (Fsp3) is 0.936. The predicted octanol–water partition coefficient (Wildman–Crippen LogP) is 15.6. The fourth-order valence-corrected chi connectivity index (χ4v) is 7.42. The highest BCUT2D eigenvalue weighted by Crippen LogP contribution is 2.18. The van der Waals surface area contributed by atoms with Crippen molar-refractivity contribution in [2.45, 2.75) is 259 Å². The van der Waals surface area contributed by atoms with Crippen molar-refractivity contribution in [3.05, 3.63) is 0 Å². The fourth-order valence-electron chi connectivity index (χ4n) is 7.42. The number of rotatable bonds is 43. The molecule has 0 saturated heterocycles. The van der Waals surface area contributed by atoms with Gasteiger partial charge in [0, 0.05) is 26.2 Å². The zero-order valence-electron chi connectivity index (χ0n) is 36.6. The maximum atomic E-state index is 4.93. The summed E-state index contributed by atoms with van der Waals surface area (Å²) in [6, 6.07) is 0. The van der Waals surface area contributed by atoms with Crippen molar-refractivity contribution in [2.75, 3.05) is 41.7 Å². The van der Waals surface area contributed by atoms with Crippen molar-refractivity contribution >= 4 is 17.8 Å². The van der Waals surface area contributed by atoms with Gasteiger partial charge in [0.1, 0.15) is 0 Å². The Kier molecular flexibility index (Phi) is 37.4. The summed E-state index contributed by atoms with van der Waals surface area (Å²) in [5, 5.41) is 7.14. The largest absolute Gasteiger partial charge is 0.354 e. The Morgan fingerprint density at radius 1 is 0.302 bits per heavy atom. The van der Waals surface area contributed by atoms with Gasteiger partial charge in [0.2, 0.25) is 17.8 Å². The number of nitrogens with zero attached hydrogens (tertiary/aromatic N) is 4. The lowest BCUT2D eigenvalue weighted by molar-refractivity contribution is 0.530. The average Bonchev–Trinajstić information content (AvgIpc) is 3.17. The molecule has 0 unspecified atom stereocenters. The molecule has 0 saturated carbocycles. The minimum atomic E-state index is 0.739. The maximum absolute atomic E-state index is 4.93. The molecule has 0 radical (unpaired) electrons. The third kappa shape index (κ3) is 32.4. The second-order valence-electron chi connectivity index (χ2n) is 16.4. The molecule has 0 amide bonds. The van der Waals surface area contributed by atoms with E-state index in [1.807, 2.05) is 0 Å². The van der Waals surface area contributed by atoms with Gasteiger partial charge in [0.05, 0.1) is 0 Å². The van der Waals surface area contributed by atoms with Crippen LogP contribution in [-0.2, 0) is 0 Å². The molecular formula is C47H94N6. The first-order valence-electron chi connectivity index (χ1n) is 24.2. The second-order valence-corrected chi connectivity index (χ2v) is 16.4. The number of hydrogen-bond donors (Lipinski definition) is 2. The highest BCUT2D eigenvalue weighted by atomic mass is 15.3. The summed E-state index contributed by atoms with van der Waals surface area (Å²) < 4.78 is 0. The number of anilines is 3. The Balaban J connectivity index is 2.28. The monoisotopic (exact) mass is 743 g/mol. The number of aromatic nitrogens is 3. The van der Waals surface area contributed by atoms with Gasteiger partial charge in [0.25, 0.3) is 0 Å². The van der Waals surface area contributed by atoms with Crippen LogP contribution in [0.1, 0.15) is 259 Å². The van der Waals surface area contributed by atoms with Gasteiger partial charge < -0.3 is 15.5 Å². The number of unbranched alkanes of at least 4 members (excludes halogenated alkanes) is 32. The van der Waals surface area contributed by atoms with Gasteiger partial charge in [-0.2, -0.15) is 15.0 Å². The van der Waals surface area contributed by atoms with Crippen LogP contribution in [0.5, 0.6) is 0 Å². The zero-order chi connectivity index (χ0) is 38.1. The Bertz CT molecular complexity index is 799. The van der Waals surface area contributed by atoms with Gasteiger partial charge in [-0.15, -0.1) is 0 Å². The Morgan fingerprint density at radius 2 is 0.547 bits per heavy atom. The molecular weight excluding hydrogens is 649 g/mol. The van der Waals surface area contributed by atoms with E-state index in [0.717, 1.165) is 44.0 Å². The summed E-state index contributed by atoms with van der Waals surface area (Å²) >= 11 is 0. The van der Waals surface area contributed by atoms with Crippen LogP contribution in [0.4, 0.5) is 17.8 Å². The van der Waals surface area contributed by atoms with Crippen LogP contribution in [0.3, 0.4) is 0 Å². The van der Waals surface area contributed by atoms with Crippen molar-refractivity contribution in [1.82, 2.24) is 15.0 Å². The van der Waals surface area contributed by atoms with Crippen LogP contribution in [0.2, 0.25) is 0 Å². The summed E-state index contributed by atoms with van der Waals surface area (Å²) in [7, 11) is 0. The Morgan fingerprint density at radius 3 is 0.811 bits per heavy atom. The highest BCUT2D eigenvalue weighted by Gasteiger charge is 2.13. The molecule has 312 valence electrons. The van der Waals surface area contributed by atoms with Crippen molar-refractivity contribution in [2.24, 2.45) is 0 Å². The first-order valence-corrected chi connectivity index (χ1v) is 24.2. The quantitative estimate of drug-likeness (QED) is 0.0650. The van der Waals surface area contributed by atoms with E-state index in [9.17, 15) is 0 Å². The van der Waals surface area contributed by atoms with Gasteiger partial charge in [-0.05, 0) is 25.7 Å². The van der Waals surface area contributed by atoms with Gasteiger partial charge in [-0.1, -0.05) is 233 Å². The van der Waals surface area contributed by atoms with E-state index in [1.165, 1.54) is 231 Å². The van der Waals surface area contributed by atoms with Crippen molar-refractivity contribution < 1.29 is 0 Å². The lowest BCUT2D eigenvalue weighted by Crippen LogP contribution is -2.28. The van der Waals surface area contributed by atoms with Gasteiger partial charge >= 0.3 is 0 Å². The summed E-state index contributed by atoms with van der Waals surface area (Å²) in [4.78, 5) is 17.1. The lowest BCUT2D eigenvalue weighted by atomic mass is 10.0. The van der Waals surface area contributed by atoms with Gasteiger partial charge in [-0.3, -0.25) is 0 Å². The third-order valence-corrected chi connectivity index (χ3v) is 11.1. The highest BCUT2D eigenvalue weighted by molar-refractivity contribution is 5.43. The van der Waals surface area contributed by atoms with Crippen LogP contribution < -0.4 is 15.5 Å². The Hall–Kier alpha value is -1.59. The molecule has 1 heterocycles. The van der Waals surface area contributed by atoms with Crippen LogP contribution in [0, 0.1) is 0 Å². The second kappa shape index (κ2) is 40.1. The van der Waals surface area contributed by atoms with E-state index in [-0.39, 0.29) is 0 Å². The summed E-state index contributed by atoms with van der Waals surface area (Å²) in [5.74, 6) is 2.32. The molecule has 0 aliphatic carbocycles. The van der Waals surface area contributed by atoms with Crippen LogP contribution in [0.25, 0.3) is 0 Å². The smallest absolute Gasteiger partial charge is 0.231 e. The number of nitrogens with one attached hydrogen (secondary N) is 2. The normalized spacial score (nSPS) is 11.4. The molecule has 0 fully saturated rings. The zero-order valence-corrected chi connectivity index (χ0v) is 36.6. The first kappa shape index (κ1) is 49.4. The van der Waals surface area contributed by atoms with E-state index in [0.29, 0.717) is 0 Å². The molecule has 0 bridgehead atoms. The molecule has 2 N–H and O–H groups in total. The summed E-state index contributed by atoms with van der Waals surface area (Å²) in [6.45, 7) is 13.0. The van der Waals surface area contributed by atoms with E-state index in [1.54, 1.807) is 0 Å². The van der Waals surface area contributed by atoms with Crippen molar-refractivity contribution in [3.8, 4) is 0 Å². The van der Waals surface area contributed by atoms with Crippen LogP contribution >= 0.6 is 0 Å². The van der Waals surface area contributed by atoms with E-state index < -0.39 is 0 Å². The van der Waals surface area contributed by atoms with Gasteiger partial charge in [0.15, 0.2) is 0 Å². The SMILES string of the molecule is CCCCCCCCCCCCCCCCCCNc1nc(NCCCCCCCCCCCCCCCCCC)nc(N(CCCC)CCCC)n1. The molecule has 1 aromatic rings. The average molecular weight is 743 g/mol. The molecule has 53 heavy (non-hydrogen) atoms. The molecule has 1 aromatic heterocycles. The molecule has 0 aromatic carbocycles. The standard InChI is InChI=1S/C47H94N6/c1-5-9-13-15-17-19-21-23-25-27-29-31-33-35-37-39-41-48-45-50-46(52-47(51-45)53(43-11-7-3)44-12-8-4)49-42-40-38-36-34-32-30-28-26-24-22-20-18-16-14-10-6-2/h5-44H2,1-4H3,(H2,48,49,50,51,52). The van der Waals surface area contributed by atoms with Crippen LogP contribution in [0.15, 0.2) is 0 Å². The third-order valence-electron chi connectivity index (χ3n) is 11.1. The molecule has 0 spiro atoms. The molecule has 6 heteroatoms. The maximum Gasteiger partial charge on any atom is 0.231 e. The minimum absolute atomic E-state index is 0.739. The molecule has 1 rings (SSSR count). The molecule has 0 aliphatic heterocycles.